The van der Waals surface area contributed by atoms with Crippen molar-refractivity contribution in [1.29, 1.82) is 0 Å². The Balaban J connectivity index is 1.28. The fourth-order valence-electron chi connectivity index (χ4n) is 5.77. The van der Waals surface area contributed by atoms with Gasteiger partial charge in [-0.25, -0.2) is 4.39 Å². The van der Waals surface area contributed by atoms with E-state index in [-0.39, 0.29) is 5.82 Å². The number of nitrogens with zero attached hydrogens (tertiary/aromatic N) is 3. The first-order chi connectivity index (χ1) is 15.2. The van der Waals surface area contributed by atoms with Gasteiger partial charge in [-0.3, -0.25) is 9.80 Å². The van der Waals surface area contributed by atoms with Gasteiger partial charge in [0.1, 0.15) is 5.82 Å². The van der Waals surface area contributed by atoms with Crippen molar-refractivity contribution in [3.05, 3.63) is 35.6 Å². The number of ether oxygens (including phenoxy) is 1. The van der Waals surface area contributed by atoms with Crippen LogP contribution in [0, 0.1) is 11.7 Å². The Bertz CT molecular complexity index is 650. The van der Waals surface area contributed by atoms with E-state index in [0.29, 0.717) is 12.1 Å². The molecule has 174 valence electrons. The summed E-state index contributed by atoms with van der Waals surface area (Å²) in [4.78, 5) is 7.88. The molecule has 5 heteroatoms. The quantitative estimate of drug-likeness (QED) is 0.577. The molecule has 3 aliphatic heterocycles. The molecule has 0 saturated carbocycles. The summed E-state index contributed by atoms with van der Waals surface area (Å²) in [6, 6.07) is 7.95. The number of halogens is 1. The number of piperidine rings is 2. The summed E-state index contributed by atoms with van der Waals surface area (Å²) in [5.74, 6) is 0.689. The van der Waals surface area contributed by atoms with Crippen molar-refractivity contribution in [2.75, 3.05) is 52.4 Å². The van der Waals surface area contributed by atoms with E-state index < -0.39 is 0 Å². The third-order valence-electron chi connectivity index (χ3n) is 7.63. The molecule has 31 heavy (non-hydrogen) atoms. The Morgan fingerprint density at radius 1 is 0.968 bits per heavy atom. The summed E-state index contributed by atoms with van der Waals surface area (Å²) in [6.45, 7) is 12.2. The number of hydrogen-bond acceptors (Lipinski definition) is 4. The average molecular weight is 432 g/mol. The van der Waals surface area contributed by atoms with Gasteiger partial charge in [0.2, 0.25) is 0 Å². The SMILES string of the molecule is CCCN1CCC(N(CC2CCN(Cc3ccccc3F)CC2)CC2CCCO2)CC1. The van der Waals surface area contributed by atoms with Crippen LogP contribution in [0.2, 0.25) is 0 Å². The van der Waals surface area contributed by atoms with Gasteiger partial charge in [-0.1, -0.05) is 25.1 Å². The number of rotatable bonds is 9. The van der Waals surface area contributed by atoms with E-state index >= 15 is 0 Å². The molecule has 0 aromatic heterocycles. The summed E-state index contributed by atoms with van der Waals surface area (Å²) >= 11 is 0. The van der Waals surface area contributed by atoms with Crippen LogP contribution >= 0.6 is 0 Å². The van der Waals surface area contributed by atoms with Gasteiger partial charge in [0.15, 0.2) is 0 Å². The third kappa shape index (κ3) is 6.74. The standard InChI is InChI=1S/C26H42FN3O/c1-2-13-28-16-11-24(12-17-28)30(21-25-7-5-18-31-25)19-22-9-14-29(15-10-22)20-23-6-3-4-8-26(23)27/h3-4,6,8,22,24-25H,2,5,7,9-21H2,1H3. The maximum Gasteiger partial charge on any atom is 0.127 e. The zero-order valence-electron chi connectivity index (χ0n) is 19.5. The molecule has 3 aliphatic rings. The molecule has 3 heterocycles. The smallest absolute Gasteiger partial charge is 0.127 e. The second kappa shape index (κ2) is 11.7. The fourth-order valence-corrected chi connectivity index (χ4v) is 5.77. The van der Waals surface area contributed by atoms with Gasteiger partial charge in [0.05, 0.1) is 6.10 Å². The molecule has 0 amide bonds. The first-order valence-corrected chi connectivity index (χ1v) is 12.7. The lowest BCUT2D eigenvalue weighted by atomic mass is 9.93. The monoisotopic (exact) mass is 431 g/mol. The maximum absolute atomic E-state index is 14.0. The van der Waals surface area contributed by atoms with Crippen molar-refractivity contribution in [2.45, 2.75) is 70.6 Å². The van der Waals surface area contributed by atoms with Gasteiger partial charge in [-0.2, -0.15) is 0 Å². The van der Waals surface area contributed by atoms with Crippen molar-refractivity contribution in [1.82, 2.24) is 14.7 Å². The molecule has 4 rings (SSSR count). The Morgan fingerprint density at radius 3 is 2.39 bits per heavy atom. The van der Waals surface area contributed by atoms with Crippen LogP contribution in [0.25, 0.3) is 0 Å². The summed E-state index contributed by atoms with van der Waals surface area (Å²) < 4.78 is 20.0. The van der Waals surface area contributed by atoms with E-state index in [4.69, 9.17) is 4.74 Å². The highest BCUT2D eigenvalue weighted by Crippen LogP contribution is 2.26. The van der Waals surface area contributed by atoms with Crippen LogP contribution in [0.4, 0.5) is 4.39 Å². The Kier molecular flexibility index (Phi) is 8.77. The number of likely N-dealkylation sites (tertiary alicyclic amines) is 2. The van der Waals surface area contributed by atoms with E-state index in [1.807, 2.05) is 12.1 Å². The largest absolute Gasteiger partial charge is 0.377 e. The highest BCUT2D eigenvalue weighted by Gasteiger charge is 2.30. The summed E-state index contributed by atoms with van der Waals surface area (Å²) in [7, 11) is 0. The minimum atomic E-state index is -0.0678. The summed E-state index contributed by atoms with van der Waals surface area (Å²) in [5, 5.41) is 0. The molecule has 0 aliphatic carbocycles. The topological polar surface area (TPSA) is 19.0 Å². The van der Waals surface area contributed by atoms with Crippen LogP contribution < -0.4 is 0 Å². The summed E-state index contributed by atoms with van der Waals surface area (Å²) in [5.41, 5.74) is 0.833. The second-order valence-corrected chi connectivity index (χ2v) is 9.97. The van der Waals surface area contributed by atoms with Crippen LogP contribution in [0.1, 0.15) is 57.4 Å². The molecule has 1 unspecified atom stereocenters. The van der Waals surface area contributed by atoms with Gasteiger partial charge in [-0.15, -0.1) is 0 Å². The normalized spacial score (nSPS) is 24.9. The van der Waals surface area contributed by atoms with Crippen LogP contribution in [0.5, 0.6) is 0 Å². The van der Waals surface area contributed by atoms with E-state index in [9.17, 15) is 4.39 Å². The van der Waals surface area contributed by atoms with Crippen molar-refractivity contribution >= 4 is 0 Å². The number of benzene rings is 1. The molecular formula is C26H42FN3O. The lowest BCUT2D eigenvalue weighted by molar-refractivity contribution is 0.0237. The molecule has 0 spiro atoms. The molecule has 4 nitrogen and oxygen atoms in total. The molecule has 0 radical (unpaired) electrons. The zero-order valence-corrected chi connectivity index (χ0v) is 19.5. The Hall–Kier alpha value is -1.01. The summed E-state index contributed by atoms with van der Waals surface area (Å²) in [6.07, 6.45) is 9.22. The lowest BCUT2D eigenvalue weighted by Crippen LogP contribution is -2.49. The van der Waals surface area contributed by atoms with Crippen LogP contribution in [0.3, 0.4) is 0 Å². The Labute approximate surface area is 188 Å². The van der Waals surface area contributed by atoms with Gasteiger partial charge in [-0.05, 0) is 89.7 Å². The van der Waals surface area contributed by atoms with Crippen LogP contribution in [0.15, 0.2) is 24.3 Å². The first-order valence-electron chi connectivity index (χ1n) is 12.7. The molecule has 1 aromatic carbocycles. The molecule has 1 atom stereocenters. The van der Waals surface area contributed by atoms with Crippen molar-refractivity contribution in [3.63, 3.8) is 0 Å². The fraction of sp³-hybridized carbons (Fsp3) is 0.769. The predicted octanol–water partition coefficient (Wildman–Crippen LogP) is 4.39. The lowest BCUT2D eigenvalue weighted by Gasteiger charge is -2.42. The Morgan fingerprint density at radius 2 is 1.71 bits per heavy atom. The minimum Gasteiger partial charge on any atom is -0.377 e. The maximum atomic E-state index is 14.0. The molecule has 1 aromatic rings. The van der Waals surface area contributed by atoms with E-state index in [1.165, 1.54) is 71.1 Å². The van der Waals surface area contributed by atoms with Crippen molar-refractivity contribution < 1.29 is 9.13 Å². The van der Waals surface area contributed by atoms with Crippen molar-refractivity contribution in [3.8, 4) is 0 Å². The predicted molar refractivity (Wildman–Crippen MR) is 125 cm³/mol. The average Bonchev–Trinajstić information content (AvgIpc) is 3.30. The molecule has 0 bridgehead atoms. The highest BCUT2D eigenvalue weighted by molar-refractivity contribution is 5.17. The minimum absolute atomic E-state index is 0.0678. The van der Waals surface area contributed by atoms with Crippen LogP contribution in [-0.2, 0) is 11.3 Å². The molecule has 3 fully saturated rings. The van der Waals surface area contributed by atoms with E-state index in [2.05, 4.69) is 21.6 Å². The van der Waals surface area contributed by atoms with Gasteiger partial charge >= 0.3 is 0 Å². The molecular weight excluding hydrogens is 389 g/mol. The molecule has 3 saturated heterocycles. The second-order valence-electron chi connectivity index (χ2n) is 9.97. The van der Waals surface area contributed by atoms with Crippen molar-refractivity contribution in [2.24, 2.45) is 5.92 Å². The first kappa shape index (κ1) is 23.2. The van der Waals surface area contributed by atoms with E-state index in [0.717, 1.165) is 44.3 Å². The zero-order chi connectivity index (χ0) is 21.5. The molecule has 0 N–H and O–H groups in total. The highest BCUT2D eigenvalue weighted by atomic mass is 19.1. The van der Waals surface area contributed by atoms with E-state index in [1.54, 1.807) is 12.1 Å². The van der Waals surface area contributed by atoms with Gasteiger partial charge in [0, 0.05) is 37.8 Å². The van der Waals surface area contributed by atoms with Crippen LogP contribution in [-0.4, -0.2) is 79.3 Å². The van der Waals surface area contributed by atoms with Gasteiger partial charge in [0.25, 0.3) is 0 Å². The van der Waals surface area contributed by atoms with Gasteiger partial charge < -0.3 is 9.64 Å². The third-order valence-corrected chi connectivity index (χ3v) is 7.63. The number of hydrogen-bond donors (Lipinski definition) is 0.